The zero-order valence-electron chi connectivity index (χ0n) is 10.8. The Kier molecular flexibility index (Phi) is 4.66. The third-order valence-corrected chi connectivity index (χ3v) is 4.57. The van der Waals surface area contributed by atoms with Crippen molar-refractivity contribution in [3.63, 3.8) is 0 Å². The van der Waals surface area contributed by atoms with Gasteiger partial charge < -0.3 is 5.73 Å². The molecule has 3 unspecified atom stereocenters. The van der Waals surface area contributed by atoms with Gasteiger partial charge in [-0.3, -0.25) is 4.90 Å². The van der Waals surface area contributed by atoms with Crippen molar-refractivity contribution in [2.75, 3.05) is 13.1 Å². The highest BCUT2D eigenvalue weighted by atomic mass is 15.2. The summed E-state index contributed by atoms with van der Waals surface area (Å²) in [7, 11) is 0. The standard InChI is InChI=1S/C14H28N2/c1-12-6-5-8-13(10-12)16-9-4-2-3-7-14(16)11-15/h12-14H,2-11,15H2,1H3. The highest BCUT2D eigenvalue weighted by molar-refractivity contribution is 4.85. The van der Waals surface area contributed by atoms with E-state index < -0.39 is 0 Å². The van der Waals surface area contributed by atoms with E-state index in [-0.39, 0.29) is 0 Å². The van der Waals surface area contributed by atoms with Crippen LogP contribution < -0.4 is 5.73 Å². The predicted molar refractivity (Wildman–Crippen MR) is 69.4 cm³/mol. The zero-order valence-corrected chi connectivity index (χ0v) is 10.8. The second-order valence-corrected chi connectivity index (χ2v) is 5.90. The quantitative estimate of drug-likeness (QED) is 0.781. The lowest BCUT2D eigenvalue weighted by Crippen LogP contribution is -2.48. The Balaban J connectivity index is 1.97. The molecule has 1 aliphatic heterocycles. The topological polar surface area (TPSA) is 29.3 Å². The van der Waals surface area contributed by atoms with Gasteiger partial charge in [0.1, 0.15) is 0 Å². The maximum absolute atomic E-state index is 5.96. The third-order valence-electron chi connectivity index (χ3n) is 4.57. The minimum absolute atomic E-state index is 0.679. The summed E-state index contributed by atoms with van der Waals surface area (Å²) < 4.78 is 0. The molecule has 2 fully saturated rings. The fourth-order valence-electron chi connectivity index (χ4n) is 3.64. The molecule has 0 spiro atoms. The molecule has 2 heteroatoms. The van der Waals surface area contributed by atoms with Crippen molar-refractivity contribution in [3.05, 3.63) is 0 Å². The molecule has 0 radical (unpaired) electrons. The number of rotatable bonds is 2. The Morgan fingerprint density at radius 1 is 1.06 bits per heavy atom. The first-order valence-corrected chi connectivity index (χ1v) is 7.27. The first-order valence-electron chi connectivity index (χ1n) is 7.27. The van der Waals surface area contributed by atoms with Crippen LogP contribution in [0.1, 0.15) is 58.3 Å². The highest BCUT2D eigenvalue weighted by Gasteiger charge is 2.29. The number of nitrogens with two attached hydrogens (primary N) is 1. The normalized spacial score (nSPS) is 38.2. The SMILES string of the molecule is CC1CCCC(N2CCCCCC2CN)C1. The van der Waals surface area contributed by atoms with E-state index in [1.54, 1.807) is 0 Å². The van der Waals surface area contributed by atoms with Crippen LogP contribution in [0.2, 0.25) is 0 Å². The fourth-order valence-corrected chi connectivity index (χ4v) is 3.64. The van der Waals surface area contributed by atoms with Crippen LogP contribution in [-0.4, -0.2) is 30.1 Å². The molecule has 2 N–H and O–H groups in total. The van der Waals surface area contributed by atoms with Crippen LogP contribution in [0.25, 0.3) is 0 Å². The van der Waals surface area contributed by atoms with Crippen molar-refractivity contribution in [2.45, 2.75) is 70.4 Å². The van der Waals surface area contributed by atoms with E-state index in [9.17, 15) is 0 Å². The third kappa shape index (κ3) is 2.98. The van der Waals surface area contributed by atoms with Crippen LogP contribution in [-0.2, 0) is 0 Å². The second-order valence-electron chi connectivity index (χ2n) is 5.90. The van der Waals surface area contributed by atoms with Crippen molar-refractivity contribution in [3.8, 4) is 0 Å². The highest BCUT2D eigenvalue weighted by Crippen LogP contribution is 2.30. The molecular formula is C14H28N2. The molecule has 1 saturated heterocycles. The van der Waals surface area contributed by atoms with E-state index in [4.69, 9.17) is 5.73 Å². The molecule has 0 amide bonds. The lowest BCUT2D eigenvalue weighted by atomic mass is 9.85. The number of hydrogen-bond donors (Lipinski definition) is 1. The second kappa shape index (κ2) is 6.02. The molecule has 0 bridgehead atoms. The molecular weight excluding hydrogens is 196 g/mol. The van der Waals surface area contributed by atoms with Gasteiger partial charge in [-0.2, -0.15) is 0 Å². The van der Waals surface area contributed by atoms with Crippen molar-refractivity contribution in [1.29, 1.82) is 0 Å². The molecule has 0 aromatic carbocycles. The largest absolute Gasteiger partial charge is 0.329 e. The van der Waals surface area contributed by atoms with E-state index in [0.717, 1.165) is 18.5 Å². The van der Waals surface area contributed by atoms with E-state index in [2.05, 4.69) is 11.8 Å². The van der Waals surface area contributed by atoms with Gasteiger partial charge in [-0.25, -0.2) is 0 Å². The maximum Gasteiger partial charge on any atom is 0.0221 e. The summed E-state index contributed by atoms with van der Waals surface area (Å²) in [5.41, 5.74) is 5.96. The van der Waals surface area contributed by atoms with Crippen molar-refractivity contribution in [1.82, 2.24) is 4.90 Å². The molecule has 16 heavy (non-hydrogen) atoms. The summed E-state index contributed by atoms with van der Waals surface area (Å²) in [4.78, 5) is 2.77. The first kappa shape index (κ1) is 12.4. The Hall–Kier alpha value is -0.0800. The molecule has 1 saturated carbocycles. The molecule has 1 heterocycles. The Morgan fingerprint density at radius 3 is 2.69 bits per heavy atom. The van der Waals surface area contributed by atoms with Crippen molar-refractivity contribution < 1.29 is 0 Å². The fraction of sp³-hybridized carbons (Fsp3) is 1.00. The van der Waals surface area contributed by atoms with Gasteiger partial charge in [0.05, 0.1) is 0 Å². The molecule has 1 aliphatic carbocycles. The molecule has 2 aliphatic rings. The Labute approximate surface area is 101 Å². The average Bonchev–Trinajstić information content (AvgIpc) is 2.53. The molecule has 0 aromatic rings. The molecule has 0 aromatic heterocycles. The van der Waals surface area contributed by atoms with Gasteiger partial charge in [0.15, 0.2) is 0 Å². The zero-order chi connectivity index (χ0) is 11.4. The van der Waals surface area contributed by atoms with Gasteiger partial charge in [-0.05, 0) is 38.1 Å². The van der Waals surface area contributed by atoms with Gasteiger partial charge in [0.2, 0.25) is 0 Å². The first-order chi connectivity index (χ1) is 7.81. The number of nitrogens with zero attached hydrogens (tertiary/aromatic N) is 1. The summed E-state index contributed by atoms with van der Waals surface area (Å²) in [6.07, 6.45) is 11.2. The van der Waals surface area contributed by atoms with Crippen LogP contribution in [0.15, 0.2) is 0 Å². The van der Waals surface area contributed by atoms with Gasteiger partial charge in [0, 0.05) is 18.6 Å². The summed E-state index contributed by atoms with van der Waals surface area (Å²) in [6.45, 7) is 4.59. The van der Waals surface area contributed by atoms with E-state index in [1.165, 1.54) is 57.9 Å². The molecule has 94 valence electrons. The lowest BCUT2D eigenvalue weighted by molar-refractivity contribution is 0.0942. The van der Waals surface area contributed by atoms with Gasteiger partial charge in [0.25, 0.3) is 0 Å². The van der Waals surface area contributed by atoms with Crippen LogP contribution >= 0.6 is 0 Å². The minimum Gasteiger partial charge on any atom is -0.329 e. The molecule has 3 atom stereocenters. The predicted octanol–water partition coefficient (Wildman–Crippen LogP) is 2.77. The van der Waals surface area contributed by atoms with Gasteiger partial charge in [-0.15, -0.1) is 0 Å². The van der Waals surface area contributed by atoms with Crippen LogP contribution in [0, 0.1) is 5.92 Å². The van der Waals surface area contributed by atoms with Gasteiger partial charge in [-0.1, -0.05) is 32.6 Å². The summed E-state index contributed by atoms with van der Waals surface area (Å²) >= 11 is 0. The number of likely N-dealkylation sites (tertiary alicyclic amines) is 1. The number of hydrogen-bond acceptors (Lipinski definition) is 2. The van der Waals surface area contributed by atoms with E-state index >= 15 is 0 Å². The van der Waals surface area contributed by atoms with Crippen molar-refractivity contribution >= 4 is 0 Å². The van der Waals surface area contributed by atoms with E-state index in [1.807, 2.05) is 0 Å². The van der Waals surface area contributed by atoms with Crippen LogP contribution in [0.3, 0.4) is 0 Å². The van der Waals surface area contributed by atoms with Gasteiger partial charge >= 0.3 is 0 Å². The van der Waals surface area contributed by atoms with Crippen LogP contribution in [0.5, 0.6) is 0 Å². The molecule has 2 rings (SSSR count). The molecule has 2 nitrogen and oxygen atoms in total. The minimum atomic E-state index is 0.679. The van der Waals surface area contributed by atoms with E-state index in [0.29, 0.717) is 6.04 Å². The average molecular weight is 224 g/mol. The summed E-state index contributed by atoms with van der Waals surface area (Å²) in [5, 5.41) is 0. The Morgan fingerprint density at radius 2 is 1.94 bits per heavy atom. The Bertz CT molecular complexity index is 205. The maximum atomic E-state index is 5.96. The summed E-state index contributed by atoms with van der Waals surface area (Å²) in [6, 6.07) is 1.52. The smallest absolute Gasteiger partial charge is 0.0221 e. The summed E-state index contributed by atoms with van der Waals surface area (Å²) in [5.74, 6) is 0.931. The van der Waals surface area contributed by atoms with Crippen LogP contribution in [0.4, 0.5) is 0 Å². The van der Waals surface area contributed by atoms with Crippen molar-refractivity contribution in [2.24, 2.45) is 11.7 Å². The monoisotopic (exact) mass is 224 g/mol. The lowest BCUT2D eigenvalue weighted by Gasteiger charge is -2.40.